The summed E-state index contributed by atoms with van der Waals surface area (Å²) in [6, 6.07) is 6.42. The molecule has 0 aliphatic heterocycles. The largest absolute Gasteiger partial charge is 0.486 e. The minimum atomic E-state index is -0.356. The summed E-state index contributed by atoms with van der Waals surface area (Å²) >= 11 is 0. The van der Waals surface area contributed by atoms with Crippen molar-refractivity contribution in [3.63, 3.8) is 0 Å². The van der Waals surface area contributed by atoms with E-state index in [0.29, 0.717) is 25.7 Å². The average Bonchev–Trinajstić information content (AvgIpc) is 2.63. The number of hydrogen-bond donors (Lipinski definition) is 2. The molecular weight excluding hydrogens is 347 g/mol. The number of rotatable bonds is 12. The number of nitrogens with one attached hydrogen (secondary N) is 2. The molecule has 0 aromatic heterocycles. The van der Waals surface area contributed by atoms with Gasteiger partial charge in [0, 0.05) is 19.7 Å². The number of guanidine groups is 1. The van der Waals surface area contributed by atoms with Crippen molar-refractivity contribution in [2.45, 2.75) is 39.4 Å². The fourth-order valence-corrected chi connectivity index (χ4v) is 2.44. The third-order valence-corrected chi connectivity index (χ3v) is 3.82. The van der Waals surface area contributed by atoms with E-state index in [0.717, 1.165) is 19.5 Å². The molecule has 0 bridgehead atoms. The smallest absolute Gasteiger partial charge is 0.191 e. The van der Waals surface area contributed by atoms with Gasteiger partial charge in [-0.1, -0.05) is 12.1 Å². The maximum Gasteiger partial charge on any atom is 0.191 e. The van der Waals surface area contributed by atoms with Crippen LogP contribution in [0.3, 0.4) is 0 Å². The van der Waals surface area contributed by atoms with Gasteiger partial charge in [0.25, 0.3) is 0 Å². The molecule has 0 amide bonds. The summed E-state index contributed by atoms with van der Waals surface area (Å²) in [6.45, 7) is 9.38. The number of nitrogens with zero attached hydrogens (tertiary/aromatic N) is 2. The Labute approximate surface area is 163 Å². The first-order valence-corrected chi connectivity index (χ1v) is 9.65. The summed E-state index contributed by atoms with van der Waals surface area (Å²) < 4.78 is 25.1. The second-order valence-electron chi connectivity index (χ2n) is 6.63. The van der Waals surface area contributed by atoms with E-state index < -0.39 is 0 Å². The summed E-state index contributed by atoms with van der Waals surface area (Å²) in [7, 11) is 4.10. The highest BCUT2D eigenvalue weighted by molar-refractivity contribution is 5.79. The van der Waals surface area contributed by atoms with E-state index in [9.17, 15) is 4.39 Å². The minimum absolute atomic E-state index is 0.0833. The lowest BCUT2D eigenvalue weighted by molar-refractivity contribution is 0.0582. The molecule has 1 rings (SSSR count). The van der Waals surface area contributed by atoms with Crippen molar-refractivity contribution >= 4 is 5.96 Å². The number of hydrogen-bond acceptors (Lipinski definition) is 4. The Hall–Kier alpha value is -1.86. The van der Waals surface area contributed by atoms with Gasteiger partial charge in [0.15, 0.2) is 17.5 Å². The van der Waals surface area contributed by atoms with Crippen molar-refractivity contribution in [1.29, 1.82) is 0 Å². The first kappa shape index (κ1) is 23.2. The Morgan fingerprint density at radius 2 is 1.96 bits per heavy atom. The van der Waals surface area contributed by atoms with Gasteiger partial charge >= 0.3 is 0 Å². The zero-order valence-electron chi connectivity index (χ0n) is 17.3. The summed E-state index contributed by atoms with van der Waals surface area (Å²) in [6.07, 6.45) is 0.804. The van der Waals surface area contributed by atoms with Gasteiger partial charge in [-0.05, 0) is 53.4 Å². The van der Waals surface area contributed by atoms with Crippen molar-refractivity contribution in [2.24, 2.45) is 4.99 Å². The molecule has 0 saturated carbocycles. The Bertz CT molecular complexity index is 555. The van der Waals surface area contributed by atoms with Gasteiger partial charge in [0.2, 0.25) is 0 Å². The monoisotopic (exact) mass is 382 g/mol. The molecule has 6 nitrogen and oxygen atoms in total. The molecule has 2 N–H and O–H groups in total. The Morgan fingerprint density at radius 1 is 1.22 bits per heavy atom. The second kappa shape index (κ2) is 13.3. The Balaban J connectivity index is 2.55. The maximum absolute atomic E-state index is 13.7. The van der Waals surface area contributed by atoms with E-state index in [4.69, 9.17) is 9.47 Å². The minimum Gasteiger partial charge on any atom is -0.486 e. The highest BCUT2D eigenvalue weighted by atomic mass is 19.1. The predicted molar refractivity (Wildman–Crippen MR) is 109 cm³/mol. The number of ether oxygens (including phenoxy) is 2. The molecule has 0 aliphatic rings. The molecule has 0 saturated heterocycles. The first-order chi connectivity index (χ1) is 13.0. The molecule has 154 valence electrons. The van der Waals surface area contributed by atoms with Crippen LogP contribution in [0.1, 0.15) is 27.2 Å². The second-order valence-corrected chi connectivity index (χ2v) is 6.63. The van der Waals surface area contributed by atoms with Crippen LogP contribution < -0.4 is 15.4 Å². The van der Waals surface area contributed by atoms with Gasteiger partial charge in [-0.2, -0.15) is 0 Å². The summed E-state index contributed by atoms with van der Waals surface area (Å²) in [5.74, 6) is 0.607. The molecule has 0 radical (unpaired) electrons. The quantitative estimate of drug-likeness (QED) is 0.430. The number of para-hydroxylation sites is 1. The molecule has 0 heterocycles. The Kier molecular flexibility index (Phi) is 11.4. The highest BCUT2D eigenvalue weighted by Gasteiger charge is 2.11. The highest BCUT2D eigenvalue weighted by Crippen LogP contribution is 2.16. The lowest BCUT2D eigenvalue weighted by Gasteiger charge is -2.20. The van der Waals surface area contributed by atoms with Crippen LogP contribution in [0.15, 0.2) is 29.3 Å². The third-order valence-electron chi connectivity index (χ3n) is 3.82. The van der Waals surface area contributed by atoms with Crippen molar-refractivity contribution in [1.82, 2.24) is 15.5 Å². The molecule has 2 unspecified atom stereocenters. The molecule has 27 heavy (non-hydrogen) atoms. The van der Waals surface area contributed by atoms with E-state index >= 15 is 0 Å². The van der Waals surface area contributed by atoms with Crippen LogP contribution >= 0.6 is 0 Å². The van der Waals surface area contributed by atoms with E-state index in [-0.39, 0.29) is 23.8 Å². The molecule has 2 atom stereocenters. The summed E-state index contributed by atoms with van der Waals surface area (Å²) in [5, 5.41) is 6.47. The molecule has 0 spiro atoms. The zero-order valence-corrected chi connectivity index (χ0v) is 17.3. The van der Waals surface area contributed by atoms with Gasteiger partial charge in [-0.15, -0.1) is 0 Å². The van der Waals surface area contributed by atoms with Crippen molar-refractivity contribution < 1.29 is 13.9 Å². The van der Waals surface area contributed by atoms with Crippen LogP contribution in [0.2, 0.25) is 0 Å². The summed E-state index contributed by atoms with van der Waals surface area (Å²) in [4.78, 5) is 6.77. The number of benzene rings is 1. The molecule has 0 aliphatic carbocycles. The van der Waals surface area contributed by atoms with Crippen LogP contribution in [0, 0.1) is 5.82 Å². The SMILES string of the molecule is CCNC(=NCC(CCN(C)C)OCC)NCC(C)Oc1ccccc1F. The van der Waals surface area contributed by atoms with Gasteiger partial charge in [0.1, 0.15) is 6.10 Å². The molecule has 0 fully saturated rings. The molecule has 1 aromatic rings. The molecule has 7 heteroatoms. The fraction of sp³-hybridized carbons (Fsp3) is 0.650. The first-order valence-electron chi connectivity index (χ1n) is 9.65. The normalized spacial score (nSPS) is 14.1. The Morgan fingerprint density at radius 3 is 2.59 bits per heavy atom. The zero-order chi connectivity index (χ0) is 20.1. The van der Waals surface area contributed by atoms with E-state index in [1.165, 1.54) is 6.07 Å². The summed E-state index contributed by atoms with van der Waals surface area (Å²) in [5.41, 5.74) is 0. The molecular formula is C20H35FN4O2. The van der Waals surface area contributed by atoms with Crippen LogP contribution in [0.5, 0.6) is 5.75 Å². The van der Waals surface area contributed by atoms with Crippen molar-refractivity contribution in [3.05, 3.63) is 30.1 Å². The van der Waals surface area contributed by atoms with Gasteiger partial charge in [0.05, 0.1) is 19.2 Å². The van der Waals surface area contributed by atoms with E-state index in [1.54, 1.807) is 18.2 Å². The van der Waals surface area contributed by atoms with E-state index in [1.807, 2.05) is 20.8 Å². The maximum atomic E-state index is 13.7. The van der Waals surface area contributed by atoms with Crippen LogP contribution in [-0.2, 0) is 4.74 Å². The lowest BCUT2D eigenvalue weighted by Crippen LogP contribution is -2.42. The number of aliphatic imine (C=N–C) groups is 1. The number of halogens is 1. The van der Waals surface area contributed by atoms with E-state index in [2.05, 4.69) is 34.6 Å². The average molecular weight is 383 g/mol. The standard InChI is InChI=1S/C20H35FN4O2/c1-6-22-20(24-15-17(26-7-2)12-13-25(4)5)23-14-16(3)27-19-11-9-8-10-18(19)21/h8-11,16-17H,6-7,12-15H2,1-5H3,(H2,22,23,24). The molecule has 1 aromatic carbocycles. The van der Waals surface area contributed by atoms with Crippen molar-refractivity contribution in [2.75, 3.05) is 46.9 Å². The van der Waals surface area contributed by atoms with Crippen LogP contribution in [0.4, 0.5) is 4.39 Å². The van der Waals surface area contributed by atoms with Gasteiger partial charge in [-0.25, -0.2) is 4.39 Å². The third kappa shape index (κ3) is 10.2. The van der Waals surface area contributed by atoms with Gasteiger partial charge in [-0.3, -0.25) is 4.99 Å². The fourth-order valence-electron chi connectivity index (χ4n) is 2.44. The topological polar surface area (TPSA) is 58.1 Å². The van der Waals surface area contributed by atoms with Crippen molar-refractivity contribution in [3.8, 4) is 5.75 Å². The predicted octanol–water partition coefficient (Wildman–Crippen LogP) is 2.50. The van der Waals surface area contributed by atoms with Gasteiger partial charge < -0.3 is 25.0 Å². The van der Waals surface area contributed by atoms with Crippen LogP contribution in [0.25, 0.3) is 0 Å². The van der Waals surface area contributed by atoms with Crippen LogP contribution in [-0.4, -0.2) is 69.9 Å². The lowest BCUT2D eigenvalue weighted by atomic mass is 10.2.